The molecule has 0 saturated carbocycles. The molecule has 0 spiro atoms. The van der Waals surface area contributed by atoms with E-state index in [9.17, 15) is 39.5 Å². The molecule has 5 nitrogen and oxygen atoms in total. The molecule has 38 heavy (non-hydrogen) atoms. The molecule has 5 rings (SSSR count). The van der Waals surface area contributed by atoms with Crippen LogP contribution in [0.5, 0.6) is 0 Å². The van der Waals surface area contributed by atoms with Crippen LogP contribution >= 0.6 is 0 Å². The Kier molecular flexibility index (Phi) is 6.46. The van der Waals surface area contributed by atoms with Crippen LogP contribution in [0.4, 0.5) is 45.5 Å². The smallest absolute Gasteiger partial charge is 0.356 e. The second-order valence-corrected chi connectivity index (χ2v) is 9.18. The molecule has 1 N–H and O–H groups in total. The Hall–Kier alpha value is -3.45. The summed E-state index contributed by atoms with van der Waals surface area (Å²) in [6.07, 6.45) is -8.91. The molecule has 0 bridgehead atoms. The number of nitrogens with one attached hydrogen (secondary N) is 1. The molecular weight excluding hydrogens is 529 g/mol. The predicted molar refractivity (Wildman–Crippen MR) is 121 cm³/mol. The van der Waals surface area contributed by atoms with E-state index in [1.807, 2.05) is 0 Å². The molecule has 2 aliphatic heterocycles. The Balaban J connectivity index is 1.46. The number of H-pyrrole nitrogens is 1. The summed E-state index contributed by atoms with van der Waals surface area (Å²) in [5.74, 6) is -6.41. The van der Waals surface area contributed by atoms with Crippen molar-refractivity contribution in [1.29, 1.82) is 0 Å². The monoisotopic (exact) mass is 549 g/mol. The standard InChI is InChI=1S/C24H20F9N5/c25-16-8-12(9-17(26)19(16)27)14-10-13(23(28,29)30)11-18-20(14)36-22(35-18)38-6-4-37(5-7-38)21-15(24(31,32)33)2-1-3-34-21/h8-11,15H,1-7H2,(H,35,36). The summed E-state index contributed by atoms with van der Waals surface area (Å²) in [5.41, 5.74) is -1.83. The number of alkyl halides is 6. The first kappa shape index (κ1) is 26.2. The summed E-state index contributed by atoms with van der Waals surface area (Å²) < 4.78 is 122. The average Bonchev–Trinajstić information content (AvgIpc) is 3.30. The van der Waals surface area contributed by atoms with Gasteiger partial charge in [0.2, 0.25) is 5.95 Å². The molecule has 0 aliphatic carbocycles. The maximum Gasteiger partial charge on any atom is 0.416 e. The number of amidine groups is 1. The topological polar surface area (TPSA) is 47.5 Å². The zero-order valence-corrected chi connectivity index (χ0v) is 19.5. The molecule has 2 aromatic carbocycles. The highest BCUT2D eigenvalue weighted by Crippen LogP contribution is 2.39. The number of benzene rings is 2. The Morgan fingerprint density at radius 1 is 0.842 bits per heavy atom. The van der Waals surface area contributed by atoms with Crippen LogP contribution in [0.15, 0.2) is 29.3 Å². The van der Waals surface area contributed by atoms with Crippen molar-refractivity contribution >= 4 is 22.8 Å². The summed E-state index contributed by atoms with van der Waals surface area (Å²) in [6.45, 7) is 1.06. The van der Waals surface area contributed by atoms with Gasteiger partial charge in [0.25, 0.3) is 0 Å². The van der Waals surface area contributed by atoms with Crippen LogP contribution < -0.4 is 4.90 Å². The molecule has 1 aromatic heterocycles. The number of imidazole rings is 1. The molecule has 1 atom stereocenters. The van der Waals surface area contributed by atoms with Gasteiger partial charge in [-0.15, -0.1) is 0 Å². The second kappa shape index (κ2) is 9.38. The lowest BCUT2D eigenvalue weighted by Gasteiger charge is -2.40. The van der Waals surface area contributed by atoms with Gasteiger partial charge in [-0.05, 0) is 42.7 Å². The number of aromatic nitrogens is 2. The molecular formula is C24H20F9N5. The molecule has 1 unspecified atom stereocenters. The summed E-state index contributed by atoms with van der Waals surface area (Å²) in [5, 5.41) is 0. The van der Waals surface area contributed by atoms with Gasteiger partial charge in [-0.25, -0.2) is 18.2 Å². The maximum atomic E-state index is 13.9. The van der Waals surface area contributed by atoms with Gasteiger partial charge < -0.3 is 14.8 Å². The van der Waals surface area contributed by atoms with E-state index >= 15 is 0 Å². The molecule has 3 heterocycles. The summed E-state index contributed by atoms with van der Waals surface area (Å²) in [4.78, 5) is 14.5. The van der Waals surface area contributed by atoms with Gasteiger partial charge in [-0.1, -0.05) is 0 Å². The van der Waals surface area contributed by atoms with E-state index in [-0.39, 0.29) is 66.5 Å². The highest BCUT2D eigenvalue weighted by atomic mass is 19.4. The number of anilines is 1. The third kappa shape index (κ3) is 4.87. The van der Waals surface area contributed by atoms with E-state index < -0.39 is 41.3 Å². The van der Waals surface area contributed by atoms with Crippen LogP contribution in [0.25, 0.3) is 22.2 Å². The molecule has 204 valence electrons. The Bertz CT molecular complexity index is 1360. The van der Waals surface area contributed by atoms with Crippen LogP contribution in [0, 0.1) is 23.4 Å². The van der Waals surface area contributed by atoms with Crippen LogP contribution in [0.1, 0.15) is 18.4 Å². The molecule has 1 fully saturated rings. The quantitative estimate of drug-likeness (QED) is 0.308. The van der Waals surface area contributed by atoms with Gasteiger partial charge in [0.05, 0.1) is 16.6 Å². The van der Waals surface area contributed by atoms with Crippen LogP contribution in [0.3, 0.4) is 0 Å². The normalized spacial score (nSPS) is 19.3. The highest BCUT2D eigenvalue weighted by Gasteiger charge is 2.45. The number of aliphatic imine (C=N–C) groups is 1. The molecule has 0 amide bonds. The van der Waals surface area contributed by atoms with Gasteiger partial charge in [-0.2, -0.15) is 26.3 Å². The Labute approximate surface area is 210 Å². The SMILES string of the molecule is Fc1cc(-c2cc(C(F)(F)F)cc3[nH]c(N4CCN(C5=NCCCC5C(F)(F)F)CC4)nc23)cc(F)c1F. The number of piperazine rings is 1. The molecule has 3 aromatic rings. The number of hydrogen-bond acceptors (Lipinski definition) is 4. The van der Waals surface area contributed by atoms with Crippen molar-refractivity contribution in [1.82, 2.24) is 14.9 Å². The van der Waals surface area contributed by atoms with E-state index in [0.29, 0.717) is 31.2 Å². The van der Waals surface area contributed by atoms with Gasteiger partial charge in [0, 0.05) is 38.3 Å². The van der Waals surface area contributed by atoms with Crippen molar-refractivity contribution in [2.75, 3.05) is 37.6 Å². The Morgan fingerprint density at radius 2 is 1.47 bits per heavy atom. The van der Waals surface area contributed by atoms with Gasteiger partial charge in [-0.3, -0.25) is 4.99 Å². The number of nitrogens with zero attached hydrogens (tertiary/aromatic N) is 4. The lowest BCUT2D eigenvalue weighted by Crippen LogP contribution is -2.53. The first-order valence-corrected chi connectivity index (χ1v) is 11.7. The van der Waals surface area contributed by atoms with Crippen molar-refractivity contribution in [2.45, 2.75) is 25.2 Å². The molecule has 0 radical (unpaired) electrons. The predicted octanol–water partition coefficient (Wildman–Crippen LogP) is 6.16. The molecule has 2 aliphatic rings. The van der Waals surface area contributed by atoms with E-state index in [1.165, 1.54) is 0 Å². The van der Waals surface area contributed by atoms with E-state index in [2.05, 4.69) is 15.0 Å². The number of fused-ring (bicyclic) bond motifs is 1. The molecule has 14 heteroatoms. The van der Waals surface area contributed by atoms with Gasteiger partial charge in [0.15, 0.2) is 17.5 Å². The van der Waals surface area contributed by atoms with Crippen molar-refractivity contribution in [3.8, 4) is 11.1 Å². The van der Waals surface area contributed by atoms with Gasteiger partial charge >= 0.3 is 12.4 Å². The van der Waals surface area contributed by atoms with E-state index in [1.54, 1.807) is 9.80 Å². The zero-order chi connectivity index (χ0) is 27.4. The van der Waals surface area contributed by atoms with E-state index in [0.717, 1.165) is 6.07 Å². The fourth-order valence-electron chi connectivity index (χ4n) is 4.86. The average molecular weight is 549 g/mol. The minimum absolute atomic E-state index is 0.00882. The fourth-order valence-corrected chi connectivity index (χ4v) is 4.86. The van der Waals surface area contributed by atoms with Crippen molar-refractivity contribution in [3.05, 3.63) is 47.3 Å². The maximum absolute atomic E-state index is 13.9. The zero-order valence-electron chi connectivity index (χ0n) is 19.5. The lowest BCUT2D eigenvalue weighted by molar-refractivity contribution is -0.160. The second-order valence-electron chi connectivity index (χ2n) is 9.18. The number of rotatable bonds is 2. The van der Waals surface area contributed by atoms with E-state index in [4.69, 9.17) is 0 Å². The summed E-state index contributed by atoms with van der Waals surface area (Å²) >= 11 is 0. The fraction of sp³-hybridized carbons (Fsp3) is 0.417. The number of halogens is 9. The lowest BCUT2D eigenvalue weighted by atomic mass is 9.97. The van der Waals surface area contributed by atoms with Crippen molar-refractivity contribution in [2.24, 2.45) is 10.9 Å². The largest absolute Gasteiger partial charge is 0.416 e. The number of hydrogen-bond donors (Lipinski definition) is 1. The van der Waals surface area contributed by atoms with Crippen LogP contribution in [-0.2, 0) is 6.18 Å². The third-order valence-corrected chi connectivity index (χ3v) is 6.73. The minimum atomic E-state index is -4.80. The van der Waals surface area contributed by atoms with Crippen LogP contribution in [0.2, 0.25) is 0 Å². The number of aromatic amines is 1. The summed E-state index contributed by atoms with van der Waals surface area (Å²) in [6, 6.07) is 2.65. The van der Waals surface area contributed by atoms with Gasteiger partial charge in [0.1, 0.15) is 11.8 Å². The van der Waals surface area contributed by atoms with Crippen molar-refractivity contribution < 1.29 is 39.5 Å². The Morgan fingerprint density at radius 3 is 2.08 bits per heavy atom. The first-order chi connectivity index (χ1) is 17.8. The summed E-state index contributed by atoms with van der Waals surface area (Å²) in [7, 11) is 0. The third-order valence-electron chi connectivity index (χ3n) is 6.73. The van der Waals surface area contributed by atoms with Crippen LogP contribution in [-0.4, -0.2) is 59.6 Å². The first-order valence-electron chi connectivity index (χ1n) is 11.7. The van der Waals surface area contributed by atoms with Crippen molar-refractivity contribution in [3.63, 3.8) is 0 Å². The highest BCUT2D eigenvalue weighted by molar-refractivity contribution is 5.94. The molecule has 1 saturated heterocycles. The minimum Gasteiger partial charge on any atom is -0.356 e.